The first-order valence-corrected chi connectivity index (χ1v) is 12.5. The number of hydrogen-bond donors (Lipinski definition) is 1. The zero-order valence-electron chi connectivity index (χ0n) is 21.2. The zero-order valence-corrected chi connectivity index (χ0v) is 21.2. The Morgan fingerprint density at radius 1 is 1.00 bits per heavy atom. The summed E-state index contributed by atoms with van der Waals surface area (Å²) in [6, 6.07) is 6.89. The molecule has 0 amide bonds. The van der Waals surface area contributed by atoms with E-state index in [1.54, 1.807) is 0 Å². The molecule has 0 spiro atoms. The number of fused-ring (bicyclic) bond motifs is 4. The van der Waals surface area contributed by atoms with Crippen LogP contribution in [0.3, 0.4) is 0 Å². The van der Waals surface area contributed by atoms with Gasteiger partial charge in [0.1, 0.15) is 5.82 Å². The highest BCUT2D eigenvalue weighted by Gasteiger charge is 2.16. The number of rotatable bonds is 10. The molecular formula is C28H39N5. The van der Waals surface area contributed by atoms with Crippen molar-refractivity contribution in [2.45, 2.75) is 59.9 Å². The number of pyridine rings is 2. The predicted octanol–water partition coefficient (Wildman–Crippen LogP) is 6.53. The molecular weight excluding hydrogens is 406 g/mol. The SMILES string of the molecule is CCC(C)CCN(CC)CCC(C)Nc1nccc2c(C)c3c(cc12)c1cnccc1n3C. The highest BCUT2D eigenvalue weighted by atomic mass is 15.1. The molecule has 3 aromatic heterocycles. The van der Waals surface area contributed by atoms with Gasteiger partial charge < -0.3 is 14.8 Å². The lowest BCUT2D eigenvalue weighted by atomic mass is 10.0. The molecule has 1 N–H and O–H groups in total. The van der Waals surface area contributed by atoms with Crippen molar-refractivity contribution < 1.29 is 0 Å². The molecule has 0 fully saturated rings. The molecule has 0 saturated heterocycles. The van der Waals surface area contributed by atoms with Gasteiger partial charge in [0.2, 0.25) is 0 Å². The van der Waals surface area contributed by atoms with Crippen LogP contribution in [0.25, 0.3) is 32.6 Å². The highest BCUT2D eigenvalue weighted by Crippen LogP contribution is 2.36. The summed E-state index contributed by atoms with van der Waals surface area (Å²) in [6.45, 7) is 14.8. The average Bonchev–Trinajstić information content (AvgIpc) is 3.12. The average molecular weight is 446 g/mol. The van der Waals surface area contributed by atoms with E-state index in [1.807, 2.05) is 18.6 Å². The van der Waals surface area contributed by atoms with Crippen LogP contribution in [0.15, 0.2) is 36.8 Å². The lowest BCUT2D eigenvalue weighted by molar-refractivity contribution is 0.258. The van der Waals surface area contributed by atoms with Crippen molar-refractivity contribution in [3.8, 4) is 0 Å². The monoisotopic (exact) mass is 445 g/mol. The van der Waals surface area contributed by atoms with E-state index in [1.165, 1.54) is 57.5 Å². The highest BCUT2D eigenvalue weighted by molar-refractivity contribution is 6.15. The summed E-state index contributed by atoms with van der Waals surface area (Å²) in [6.07, 6.45) is 9.44. The van der Waals surface area contributed by atoms with Gasteiger partial charge in [-0.2, -0.15) is 0 Å². The number of nitrogens with one attached hydrogen (secondary N) is 1. The van der Waals surface area contributed by atoms with Crippen molar-refractivity contribution in [3.05, 3.63) is 42.4 Å². The van der Waals surface area contributed by atoms with Crippen LogP contribution in [0.4, 0.5) is 5.82 Å². The summed E-state index contributed by atoms with van der Waals surface area (Å²) in [4.78, 5) is 11.7. The summed E-state index contributed by atoms with van der Waals surface area (Å²) in [5.41, 5.74) is 3.78. The van der Waals surface area contributed by atoms with E-state index < -0.39 is 0 Å². The summed E-state index contributed by atoms with van der Waals surface area (Å²) >= 11 is 0. The fourth-order valence-electron chi connectivity index (χ4n) is 4.97. The van der Waals surface area contributed by atoms with Crippen LogP contribution in [0.1, 0.15) is 52.5 Å². The third kappa shape index (κ3) is 4.70. The summed E-state index contributed by atoms with van der Waals surface area (Å²) in [5, 5.41) is 8.62. The van der Waals surface area contributed by atoms with E-state index in [2.05, 4.69) is 79.6 Å². The van der Waals surface area contributed by atoms with Crippen LogP contribution in [0, 0.1) is 12.8 Å². The van der Waals surface area contributed by atoms with Crippen molar-refractivity contribution in [1.29, 1.82) is 0 Å². The molecule has 0 aliphatic heterocycles. The van der Waals surface area contributed by atoms with Crippen LogP contribution >= 0.6 is 0 Å². The minimum absolute atomic E-state index is 0.353. The number of aromatic nitrogens is 3. The second-order valence-corrected chi connectivity index (χ2v) is 9.67. The number of benzene rings is 1. The molecule has 33 heavy (non-hydrogen) atoms. The maximum atomic E-state index is 4.75. The molecule has 5 nitrogen and oxygen atoms in total. The molecule has 0 radical (unpaired) electrons. The molecule has 3 heterocycles. The van der Waals surface area contributed by atoms with Gasteiger partial charge >= 0.3 is 0 Å². The summed E-state index contributed by atoms with van der Waals surface area (Å²) in [5.74, 6) is 1.78. The molecule has 2 unspecified atom stereocenters. The van der Waals surface area contributed by atoms with Gasteiger partial charge in [0.05, 0.1) is 11.0 Å². The Hall–Kier alpha value is -2.66. The molecule has 5 heteroatoms. The van der Waals surface area contributed by atoms with E-state index in [4.69, 9.17) is 4.98 Å². The summed E-state index contributed by atoms with van der Waals surface area (Å²) < 4.78 is 2.29. The topological polar surface area (TPSA) is 46.0 Å². The van der Waals surface area contributed by atoms with Crippen LogP contribution in [-0.4, -0.2) is 45.1 Å². The maximum absolute atomic E-state index is 4.75. The van der Waals surface area contributed by atoms with Gasteiger partial charge in [-0.25, -0.2) is 4.98 Å². The first kappa shape index (κ1) is 23.5. The number of anilines is 1. The molecule has 0 aliphatic rings. The van der Waals surface area contributed by atoms with Gasteiger partial charge in [0.15, 0.2) is 0 Å². The van der Waals surface area contributed by atoms with Crippen molar-refractivity contribution in [3.63, 3.8) is 0 Å². The first-order chi connectivity index (χ1) is 15.9. The smallest absolute Gasteiger partial charge is 0.134 e. The normalized spacial score (nSPS) is 13.9. The van der Waals surface area contributed by atoms with Gasteiger partial charge in [-0.05, 0) is 74.8 Å². The molecule has 4 aromatic rings. The molecule has 0 bridgehead atoms. The first-order valence-electron chi connectivity index (χ1n) is 12.5. The lowest BCUT2D eigenvalue weighted by Crippen LogP contribution is -2.30. The van der Waals surface area contributed by atoms with Crippen LogP contribution in [-0.2, 0) is 7.05 Å². The molecule has 0 aliphatic carbocycles. The minimum atomic E-state index is 0.353. The van der Waals surface area contributed by atoms with Gasteiger partial charge in [0, 0.05) is 54.4 Å². The minimum Gasteiger partial charge on any atom is -0.367 e. The number of nitrogens with zero attached hydrogens (tertiary/aromatic N) is 4. The Balaban J connectivity index is 1.59. The van der Waals surface area contributed by atoms with Crippen LogP contribution in [0.2, 0.25) is 0 Å². The third-order valence-electron chi connectivity index (χ3n) is 7.42. The van der Waals surface area contributed by atoms with Crippen molar-refractivity contribution in [2.24, 2.45) is 13.0 Å². The Morgan fingerprint density at radius 2 is 1.79 bits per heavy atom. The molecule has 1 aromatic carbocycles. The van der Waals surface area contributed by atoms with Gasteiger partial charge in [-0.1, -0.05) is 27.2 Å². The van der Waals surface area contributed by atoms with Gasteiger partial charge in [0.25, 0.3) is 0 Å². The maximum Gasteiger partial charge on any atom is 0.134 e. The van der Waals surface area contributed by atoms with Crippen molar-refractivity contribution >= 4 is 38.4 Å². The summed E-state index contributed by atoms with van der Waals surface area (Å²) in [7, 11) is 2.15. The van der Waals surface area contributed by atoms with E-state index in [0.717, 1.165) is 31.2 Å². The predicted molar refractivity (Wildman–Crippen MR) is 142 cm³/mol. The van der Waals surface area contributed by atoms with Crippen molar-refractivity contribution in [1.82, 2.24) is 19.4 Å². The Bertz CT molecular complexity index is 1240. The Kier molecular flexibility index (Phi) is 7.18. The van der Waals surface area contributed by atoms with E-state index >= 15 is 0 Å². The third-order valence-corrected chi connectivity index (χ3v) is 7.42. The fraction of sp³-hybridized carbons (Fsp3) is 0.500. The van der Waals surface area contributed by atoms with Crippen molar-refractivity contribution in [2.75, 3.05) is 25.0 Å². The molecule has 176 valence electrons. The zero-order chi connectivity index (χ0) is 23.5. The van der Waals surface area contributed by atoms with E-state index in [9.17, 15) is 0 Å². The standard InChI is InChI=1S/C28H39N5/c1-7-19(3)11-15-33(8-2)16-12-20(4)31-28-24-17-23-25-18-29-13-10-26(25)32(6)27(23)21(5)22(24)9-14-30-28/h9-10,13-14,17-20H,7-8,11-12,15-16H2,1-6H3,(H,30,31). The second kappa shape index (κ2) is 10.1. The number of aryl methyl sites for hydroxylation is 2. The van der Waals surface area contributed by atoms with Crippen LogP contribution in [0.5, 0.6) is 0 Å². The van der Waals surface area contributed by atoms with E-state index in [-0.39, 0.29) is 0 Å². The lowest BCUT2D eigenvalue weighted by Gasteiger charge is -2.24. The fourth-order valence-corrected chi connectivity index (χ4v) is 4.97. The van der Waals surface area contributed by atoms with Gasteiger partial charge in [-0.15, -0.1) is 0 Å². The van der Waals surface area contributed by atoms with Gasteiger partial charge in [-0.3, -0.25) is 4.98 Å². The molecule has 0 saturated carbocycles. The Morgan fingerprint density at radius 3 is 2.55 bits per heavy atom. The molecule has 2 atom stereocenters. The number of hydrogen-bond acceptors (Lipinski definition) is 4. The largest absolute Gasteiger partial charge is 0.367 e. The second-order valence-electron chi connectivity index (χ2n) is 9.67. The quantitative estimate of drug-likeness (QED) is 0.301. The van der Waals surface area contributed by atoms with E-state index in [0.29, 0.717) is 6.04 Å². The Labute approximate surface area is 198 Å². The molecule has 4 rings (SSSR count). The van der Waals surface area contributed by atoms with Crippen LogP contribution < -0.4 is 5.32 Å².